The third-order valence-electron chi connectivity index (χ3n) is 9.44. The van der Waals surface area contributed by atoms with Gasteiger partial charge >= 0.3 is 0 Å². The molecule has 4 aromatic heterocycles. The van der Waals surface area contributed by atoms with Crippen molar-refractivity contribution in [3.63, 3.8) is 0 Å². The molecule has 0 unspecified atom stereocenters. The van der Waals surface area contributed by atoms with E-state index in [1.54, 1.807) is 12.4 Å². The van der Waals surface area contributed by atoms with Crippen molar-refractivity contribution in [2.45, 2.75) is 0 Å². The average Bonchev–Trinajstić information content (AvgIpc) is 3.11. The Labute approximate surface area is 262 Å². The number of pyridine rings is 4. The molecule has 0 saturated heterocycles. The molecular formula is C40H26N4O2. The zero-order valence-electron chi connectivity index (χ0n) is 25.2. The van der Waals surface area contributed by atoms with Gasteiger partial charge in [0.15, 0.2) is 10.9 Å². The number of hydrogen-bond acceptors (Lipinski definition) is 4. The highest BCUT2D eigenvalue weighted by Gasteiger charge is 2.19. The maximum atomic E-state index is 14.3. The van der Waals surface area contributed by atoms with E-state index in [1.807, 2.05) is 111 Å². The minimum absolute atomic E-state index is 0.0637. The lowest BCUT2D eigenvalue weighted by atomic mass is 9.96. The lowest BCUT2D eigenvalue weighted by Gasteiger charge is -2.18. The lowest BCUT2D eigenvalue weighted by Crippen LogP contribution is -2.14. The van der Waals surface area contributed by atoms with E-state index in [0.717, 1.165) is 55.1 Å². The third kappa shape index (κ3) is 3.58. The van der Waals surface area contributed by atoms with Crippen molar-refractivity contribution >= 4 is 65.4 Å². The zero-order chi connectivity index (χ0) is 31.1. The van der Waals surface area contributed by atoms with Crippen molar-refractivity contribution in [3.8, 4) is 22.3 Å². The molecule has 0 bridgehead atoms. The fourth-order valence-electron chi connectivity index (χ4n) is 7.30. The van der Waals surface area contributed by atoms with Crippen LogP contribution >= 0.6 is 0 Å². The van der Waals surface area contributed by atoms with Crippen LogP contribution in [-0.4, -0.2) is 19.1 Å². The van der Waals surface area contributed by atoms with Gasteiger partial charge in [-0.1, -0.05) is 60.7 Å². The number of aromatic nitrogens is 4. The van der Waals surface area contributed by atoms with Crippen LogP contribution in [0.3, 0.4) is 0 Å². The summed E-state index contributed by atoms with van der Waals surface area (Å²) in [6.45, 7) is 0. The smallest absolute Gasteiger partial charge is 0.197 e. The molecule has 4 heterocycles. The summed E-state index contributed by atoms with van der Waals surface area (Å²) < 4.78 is 4.11. The van der Waals surface area contributed by atoms with Crippen molar-refractivity contribution in [1.82, 2.24) is 19.1 Å². The van der Waals surface area contributed by atoms with Crippen LogP contribution in [0.1, 0.15) is 0 Å². The Kier molecular flexibility index (Phi) is 5.53. The van der Waals surface area contributed by atoms with Gasteiger partial charge in [0.2, 0.25) is 0 Å². The molecule has 0 radical (unpaired) electrons. The van der Waals surface area contributed by atoms with Gasteiger partial charge in [-0.15, -0.1) is 0 Å². The summed E-state index contributed by atoms with van der Waals surface area (Å²) in [5.74, 6) is 0. The molecule has 0 amide bonds. The topological polar surface area (TPSA) is 69.8 Å². The summed E-state index contributed by atoms with van der Waals surface area (Å²) in [6.07, 6.45) is 3.61. The van der Waals surface area contributed by atoms with E-state index in [2.05, 4.69) is 31.2 Å². The molecule has 6 nitrogen and oxygen atoms in total. The molecule has 9 rings (SSSR count). The molecule has 0 aliphatic carbocycles. The normalized spacial score (nSPS) is 11.9. The summed E-state index contributed by atoms with van der Waals surface area (Å²) in [4.78, 5) is 37.7. The highest BCUT2D eigenvalue weighted by molar-refractivity contribution is 6.10. The van der Waals surface area contributed by atoms with Crippen LogP contribution in [0.2, 0.25) is 0 Å². The van der Waals surface area contributed by atoms with Gasteiger partial charge in [-0.3, -0.25) is 19.6 Å². The number of rotatable bonds is 2. The molecule has 0 saturated carbocycles. The minimum atomic E-state index is -0.0637. The first-order chi connectivity index (χ1) is 22.5. The molecular weight excluding hydrogens is 568 g/mol. The molecule has 0 atom stereocenters. The third-order valence-corrected chi connectivity index (χ3v) is 9.44. The maximum Gasteiger partial charge on any atom is 0.197 e. The van der Waals surface area contributed by atoms with Gasteiger partial charge in [-0.2, -0.15) is 0 Å². The van der Waals surface area contributed by atoms with Crippen molar-refractivity contribution < 1.29 is 0 Å². The van der Waals surface area contributed by atoms with Gasteiger partial charge in [0.1, 0.15) is 0 Å². The second-order valence-electron chi connectivity index (χ2n) is 11.8. The maximum absolute atomic E-state index is 14.3. The highest BCUT2D eigenvalue weighted by Crippen LogP contribution is 2.36. The van der Waals surface area contributed by atoms with Crippen LogP contribution < -0.4 is 10.9 Å². The van der Waals surface area contributed by atoms with Gasteiger partial charge in [0, 0.05) is 69.9 Å². The van der Waals surface area contributed by atoms with Crippen LogP contribution in [0.15, 0.2) is 131 Å². The summed E-state index contributed by atoms with van der Waals surface area (Å²) in [5.41, 5.74) is 8.61. The zero-order valence-corrected chi connectivity index (χ0v) is 25.2. The number of hydrogen-bond donors (Lipinski definition) is 0. The molecule has 46 heavy (non-hydrogen) atoms. The quantitative estimate of drug-likeness (QED) is 0.190. The summed E-state index contributed by atoms with van der Waals surface area (Å²) in [7, 11) is 3.95. The number of para-hydroxylation sites is 4. The van der Waals surface area contributed by atoms with E-state index >= 15 is 0 Å². The first kappa shape index (κ1) is 26.3. The Bertz CT molecular complexity index is 2670. The van der Waals surface area contributed by atoms with Crippen molar-refractivity contribution in [3.05, 3.63) is 142 Å². The number of aryl methyl sites for hydroxylation is 2. The molecule has 0 N–H and O–H groups in total. The number of fused-ring (bicyclic) bond motifs is 6. The Morgan fingerprint density at radius 1 is 0.435 bits per heavy atom. The van der Waals surface area contributed by atoms with Crippen molar-refractivity contribution in [2.24, 2.45) is 14.1 Å². The standard InChI is InChI=1S/C40H26N4O2/c1-43-35-21-32-36(44(2)38-28(12-8-14-30(38)40(32)46)24-18-20-42-34-16-6-4-10-26(24)34)22-31(35)39(45)29-13-7-11-27(37(29)43)23-17-19-41-33-15-5-3-9-25(23)33/h3-22H,1-2H3. The summed E-state index contributed by atoms with van der Waals surface area (Å²) >= 11 is 0. The van der Waals surface area contributed by atoms with Crippen molar-refractivity contribution in [1.29, 1.82) is 0 Å². The van der Waals surface area contributed by atoms with Crippen LogP contribution in [-0.2, 0) is 14.1 Å². The molecule has 0 fully saturated rings. The van der Waals surface area contributed by atoms with Gasteiger partial charge in [0.25, 0.3) is 0 Å². The second kappa shape index (κ2) is 9.68. The highest BCUT2D eigenvalue weighted by atomic mass is 16.1. The van der Waals surface area contributed by atoms with E-state index in [-0.39, 0.29) is 10.9 Å². The Balaban J connectivity index is 1.39. The molecule has 0 spiro atoms. The predicted molar refractivity (Wildman–Crippen MR) is 188 cm³/mol. The Hall–Kier alpha value is -6.14. The lowest BCUT2D eigenvalue weighted by molar-refractivity contribution is 0.995. The van der Waals surface area contributed by atoms with Crippen LogP contribution in [0, 0.1) is 0 Å². The van der Waals surface area contributed by atoms with Crippen molar-refractivity contribution in [2.75, 3.05) is 0 Å². The first-order valence-corrected chi connectivity index (χ1v) is 15.2. The van der Waals surface area contributed by atoms with Gasteiger partial charge in [0.05, 0.1) is 33.1 Å². The van der Waals surface area contributed by atoms with E-state index in [0.29, 0.717) is 32.6 Å². The van der Waals surface area contributed by atoms with Crippen LogP contribution in [0.5, 0.6) is 0 Å². The predicted octanol–water partition coefficient (Wildman–Crippen LogP) is 8.13. The van der Waals surface area contributed by atoms with E-state index in [1.165, 1.54) is 0 Å². The largest absolute Gasteiger partial charge is 0.343 e. The van der Waals surface area contributed by atoms with Gasteiger partial charge in [-0.25, -0.2) is 0 Å². The molecule has 9 aromatic rings. The fourth-order valence-corrected chi connectivity index (χ4v) is 7.30. The molecule has 0 aliphatic heterocycles. The monoisotopic (exact) mass is 594 g/mol. The SMILES string of the molecule is Cn1c2cc3c(=O)c4cccc(-c5ccnc6ccccc56)c4n(C)c3cc2c(=O)c2cccc(-c3ccnc4ccccc34)c21. The Morgan fingerprint density at radius 3 is 1.30 bits per heavy atom. The first-order valence-electron chi connectivity index (χ1n) is 15.2. The van der Waals surface area contributed by atoms with E-state index in [9.17, 15) is 9.59 Å². The van der Waals surface area contributed by atoms with E-state index < -0.39 is 0 Å². The molecule has 5 aromatic carbocycles. The Morgan fingerprint density at radius 2 is 0.848 bits per heavy atom. The van der Waals surface area contributed by atoms with Gasteiger partial charge < -0.3 is 9.13 Å². The van der Waals surface area contributed by atoms with Crippen LogP contribution in [0.25, 0.3) is 87.7 Å². The minimum Gasteiger partial charge on any atom is -0.343 e. The fraction of sp³-hybridized carbons (Fsp3) is 0.0500. The summed E-state index contributed by atoms with van der Waals surface area (Å²) in [5, 5.41) is 4.43. The number of nitrogens with zero attached hydrogens (tertiary/aromatic N) is 4. The van der Waals surface area contributed by atoms with Crippen LogP contribution in [0.4, 0.5) is 0 Å². The van der Waals surface area contributed by atoms with E-state index in [4.69, 9.17) is 0 Å². The second-order valence-corrected chi connectivity index (χ2v) is 11.8. The molecule has 6 heteroatoms. The molecule has 0 aliphatic rings. The van der Waals surface area contributed by atoms with Gasteiger partial charge in [-0.05, 0) is 59.7 Å². The summed E-state index contributed by atoms with van der Waals surface area (Å²) in [6, 6.07) is 35.6. The molecule has 218 valence electrons. The number of benzene rings is 5. The average molecular weight is 595 g/mol.